The van der Waals surface area contributed by atoms with Gasteiger partial charge in [-0.1, -0.05) is 50.6 Å². The predicted molar refractivity (Wildman–Crippen MR) is 124 cm³/mol. The predicted octanol–water partition coefficient (Wildman–Crippen LogP) is 2.08. The average Bonchev–Trinajstić information content (AvgIpc) is 3.35. The third-order valence-electron chi connectivity index (χ3n) is 5.29. The molecule has 33 heavy (non-hydrogen) atoms. The Labute approximate surface area is 196 Å². The summed E-state index contributed by atoms with van der Waals surface area (Å²) in [6, 6.07) is 8.37. The summed E-state index contributed by atoms with van der Waals surface area (Å²) in [4.78, 5) is 43.8. The first-order valence-electron chi connectivity index (χ1n) is 10.8. The largest absolute Gasteiger partial charge is 0.445 e. The molecule has 11 heteroatoms. The number of thiazole rings is 1. The second kappa shape index (κ2) is 12.2. The zero-order valence-corrected chi connectivity index (χ0v) is 19.5. The normalized spacial score (nSPS) is 15.3. The number of hydrogen-bond acceptors (Lipinski definition) is 8. The van der Waals surface area contributed by atoms with Crippen LogP contribution in [0.3, 0.4) is 0 Å². The van der Waals surface area contributed by atoms with Gasteiger partial charge < -0.3 is 19.7 Å². The maximum absolute atomic E-state index is 12.7. The molecule has 1 aromatic heterocycles. The number of rotatable bonds is 8. The number of carbonyl (C=O) groups is 3. The Morgan fingerprint density at radius 2 is 1.91 bits per heavy atom. The van der Waals surface area contributed by atoms with Crippen molar-refractivity contribution in [1.82, 2.24) is 21.2 Å². The van der Waals surface area contributed by atoms with Crippen molar-refractivity contribution in [3.63, 3.8) is 0 Å². The number of nitrogens with zero attached hydrogens (tertiary/aromatic N) is 2. The van der Waals surface area contributed by atoms with Crippen LogP contribution in [0.1, 0.15) is 36.3 Å². The molecule has 0 aliphatic carbocycles. The molecule has 2 atom stereocenters. The first-order valence-corrected chi connectivity index (χ1v) is 11.7. The molecule has 2 heterocycles. The number of hydrogen-bond donors (Lipinski definition) is 3. The Bertz CT molecular complexity index is 932. The van der Waals surface area contributed by atoms with Gasteiger partial charge in [0.2, 0.25) is 0 Å². The van der Waals surface area contributed by atoms with Crippen molar-refractivity contribution in [2.75, 3.05) is 31.2 Å². The van der Waals surface area contributed by atoms with E-state index in [1.165, 1.54) is 11.3 Å². The molecule has 1 saturated heterocycles. The van der Waals surface area contributed by atoms with E-state index in [0.717, 1.165) is 10.7 Å². The summed E-state index contributed by atoms with van der Waals surface area (Å²) in [5.74, 6) is -1.26. The summed E-state index contributed by atoms with van der Waals surface area (Å²) in [6.07, 6.45) is -0.0692. The van der Waals surface area contributed by atoms with Crippen molar-refractivity contribution in [2.45, 2.75) is 32.9 Å². The summed E-state index contributed by atoms with van der Waals surface area (Å²) < 4.78 is 10.5. The molecule has 0 spiro atoms. The highest BCUT2D eigenvalue weighted by Gasteiger charge is 2.27. The van der Waals surface area contributed by atoms with Crippen molar-refractivity contribution >= 4 is 34.4 Å². The fourth-order valence-corrected chi connectivity index (χ4v) is 3.98. The molecule has 3 N–H and O–H groups in total. The third-order valence-corrected chi connectivity index (χ3v) is 6.19. The highest BCUT2D eigenvalue weighted by molar-refractivity contribution is 7.13. The first-order chi connectivity index (χ1) is 16.0. The molecule has 0 radical (unpaired) electrons. The van der Waals surface area contributed by atoms with E-state index in [4.69, 9.17) is 9.47 Å². The number of carbonyl (C=O) groups excluding carboxylic acids is 3. The van der Waals surface area contributed by atoms with Crippen LogP contribution in [0.25, 0.3) is 0 Å². The van der Waals surface area contributed by atoms with E-state index in [9.17, 15) is 14.4 Å². The second-order valence-corrected chi connectivity index (χ2v) is 8.46. The van der Waals surface area contributed by atoms with Crippen molar-refractivity contribution in [3.05, 3.63) is 47.0 Å². The summed E-state index contributed by atoms with van der Waals surface area (Å²) in [7, 11) is 0. The van der Waals surface area contributed by atoms with E-state index in [1.807, 2.05) is 49.1 Å². The van der Waals surface area contributed by atoms with Crippen LogP contribution in [0.5, 0.6) is 0 Å². The van der Waals surface area contributed by atoms with Crippen LogP contribution in [-0.2, 0) is 20.9 Å². The minimum atomic E-state index is -0.877. The summed E-state index contributed by atoms with van der Waals surface area (Å²) in [6.45, 7) is 6.50. The molecule has 3 rings (SSSR count). The van der Waals surface area contributed by atoms with Gasteiger partial charge in [0.25, 0.3) is 11.8 Å². The molecular weight excluding hydrogens is 446 g/mol. The van der Waals surface area contributed by atoms with E-state index in [-0.39, 0.29) is 18.2 Å². The number of anilines is 1. The molecule has 1 aliphatic heterocycles. The lowest BCUT2D eigenvalue weighted by Crippen LogP contribution is -2.54. The van der Waals surface area contributed by atoms with E-state index < -0.39 is 23.9 Å². The lowest BCUT2D eigenvalue weighted by atomic mass is 9.99. The van der Waals surface area contributed by atoms with Gasteiger partial charge in [-0.3, -0.25) is 20.4 Å². The molecular formula is C22H29N5O5S. The maximum atomic E-state index is 12.7. The van der Waals surface area contributed by atoms with Crippen molar-refractivity contribution < 1.29 is 23.9 Å². The van der Waals surface area contributed by atoms with E-state index in [2.05, 4.69) is 21.2 Å². The van der Waals surface area contributed by atoms with Gasteiger partial charge in [-0.05, 0) is 11.5 Å². The molecule has 178 valence electrons. The SMILES string of the molecule is CC[C@H](C)[C@H](NC(=O)OCc1ccccc1)C(=O)NNC(=O)c1csc(N2CCOCC2)n1. The number of benzene rings is 1. The van der Waals surface area contributed by atoms with Gasteiger partial charge in [-0.15, -0.1) is 11.3 Å². The monoisotopic (exact) mass is 475 g/mol. The number of hydrazine groups is 1. The van der Waals surface area contributed by atoms with Gasteiger partial charge in [-0.25, -0.2) is 9.78 Å². The van der Waals surface area contributed by atoms with Crippen LogP contribution < -0.4 is 21.1 Å². The smallest absolute Gasteiger partial charge is 0.408 e. The Kier molecular flexibility index (Phi) is 9.02. The number of nitrogens with one attached hydrogen (secondary N) is 3. The van der Waals surface area contributed by atoms with Crippen LogP contribution in [0, 0.1) is 5.92 Å². The summed E-state index contributed by atoms with van der Waals surface area (Å²) in [5, 5.41) is 4.96. The molecule has 1 aliphatic rings. The Morgan fingerprint density at radius 3 is 2.61 bits per heavy atom. The van der Waals surface area contributed by atoms with Gasteiger partial charge in [0, 0.05) is 18.5 Å². The average molecular weight is 476 g/mol. The number of alkyl carbamates (subject to hydrolysis) is 1. The zero-order valence-electron chi connectivity index (χ0n) is 18.7. The van der Waals surface area contributed by atoms with Crippen molar-refractivity contribution in [1.29, 1.82) is 0 Å². The van der Waals surface area contributed by atoms with E-state index in [0.29, 0.717) is 32.7 Å². The standard InChI is InChI=1S/C22H29N5O5S/c1-3-15(2)18(24-22(30)32-13-16-7-5-4-6-8-16)20(29)26-25-19(28)17-14-33-21(23-17)27-9-11-31-12-10-27/h4-8,14-15,18H,3,9-13H2,1-2H3,(H,24,30)(H,25,28)(H,26,29)/t15-,18-/m0/s1. The van der Waals surface area contributed by atoms with E-state index in [1.54, 1.807) is 5.38 Å². The minimum absolute atomic E-state index is 0.0908. The zero-order chi connectivity index (χ0) is 23.6. The molecule has 1 aromatic carbocycles. The number of morpholine rings is 1. The molecule has 1 fully saturated rings. The molecule has 10 nitrogen and oxygen atoms in total. The fraction of sp³-hybridized carbons (Fsp3) is 0.455. The van der Waals surface area contributed by atoms with Gasteiger partial charge in [-0.2, -0.15) is 0 Å². The third kappa shape index (κ3) is 7.16. The molecule has 3 amide bonds. The Hall–Kier alpha value is -3.18. The molecule has 2 aromatic rings. The van der Waals surface area contributed by atoms with Gasteiger partial charge in [0.1, 0.15) is 18.3 Å². The van der Waals surface area contributed by atoms with Gasteiger partial charge >= 0.3 is 6.09 Å². The second-order valence-electron chi connectivity index (χ2n) is 7.63. The molecule has 0 unspecified atom stereocenters. The lowest BCUT2D eigenvalue weighted by molar-refractivity contribution is -0.125. The maximum Gasteiger partial charge on any atom is 0.408 e. The highest BCUT2D eigenvalue weighted by Crippen LogP contribution is 2.21. The molecule has 0 saturated carbocycles. The number of ether oxygens (including phenoxy) is 2. The lowest BCUT2D eigenvalue weighted by Gasteiger charge is -2.26. The summed E-state index contributed by atoms with van der Waals surface area (Å²) >= 11 is 1.36. The van der Waals surface area contributed by atoms with E-state index >= 15 is 0 Å². The minimum Gasteiger partial charge on any atom is -0.445 e. The van der Waals surface area contributed by atoms with Crippen LogP contribution in [0.15, 0.2) is 35.7 Å². The number of amides is 3. The fourth-order valence-electron chi connectivity index (χ4n) is 3.12. The quantitative estimate of drug-likeness (QED) is 0.500. The van der Waals surface area contributed by atoms with Crippen LogP contribution in [0.2, 0.25) is 0 Å². The van der Waals surface area contributed by atoms with Crippen LogP contribution >= 0.6 is 11.3 Å². The van der Waals surface area contributed by atoms with Crippen LogP contribution in [0.4, 0.5) is 9.93 Å². The van der Waals surface area contributed by atoms with Crippen molar-refractivity contribution in [3.8, 4) is 0 Å². The van der Waals surface area contributed by atoms with Gasteiger partial charge in [0.05, 0.1) is 13.2 Å². The topological polar surface area (TPSA) is 122 Å². The first kappa shape index (κ1) is 24.5. The highest BCUT2D eigenvalue weighted by atomic mass is 32.1. The van der Waals surface area contributed by atoms with Gasteiger partial charge in [0.15, 0.2) is 5.13 Å². The summed E-state index contributed by atoms with van der Waals surface area (Å²) in [5.41, 5.74) is 5.81. The molecule has 0 bridgehead atoms. The Morgan fingerprint density at radius 1 is 1.18 bits per heavy atom. The Balaban J connectivity index is 1.51. The number of aromatic nitrogens is 1. The van der Waals surface area contributed by atoms with Crippen LogP contribution in [-0.4, -0.2) is 55.2 Å². The van der Waals surface area contributed by atoms with Crippen molar-refractivity contribution in [2.24, 2.45) is 5.92 Å².